The second-order valence-electron chi connectivity index (χ2n) is 6.18. The fourth-order valence-corrected chi connectivity index (χ4v) is 5.66. The van der Waals surface area contributed by atoms with E-state index in [2.05, 4.69) is 19.2 Å². The monoisotopic (exact) mass is 306 g/mol. The van der Waals surface area contributed by atoms with Crippen LogP contribution >= 0.6 is 11.8 Å². The summed E-state index contributed by atoms with van der Waals surface area (Å²) in [5.41, 5.74) is 0. The van der Waals surface area contributed by atoms with E-state index in [1.54, 1.807) is 4.31 Å². The van der Waals surface area contributed by atoms with Crippen LogP contribution in [0.15, 0.2) is 0 Å². The number of hydrogen-bond acceptors (Lipinski definition) is 4. The predicted molar refractivity (Wildman–Crippen MR) is 82.2 cm³/mol. The molecular formula is C13H26N2O2S2. The van der Waals surface area contributed by atoms with E-state index in [0.29, 0.717) is 13.1 Å². The van der Waals surface area contributed by atoms with Gasteiger partial charge in [0.25, 0.3) is 0 Å². The van der Waals surface area contributed by atoms with Crippen molar-refractivity contribution >= 4 is 21.8 Å². The van der Waals surface area contributed by atoms with E-state index in [-0.39, 0.29) is 16.5 Å². The summed E-state index contributed by atoms with van der Waals surface area (Å²) in [7, 11) is -3.10. The van der Waals surface area contributed by atoms with E-state index in [0.717, 1.165) is 31.6 Å². The first-order chi connectivity index (χ1) is 8.89. The van der Waals surface area contributed by atoms with Gasteiger partial charge in [0.1, 0.15) is 0 Å². The Hall–Kier alpha value is 0.220. The molecule has 2 aliphatic rings. The molecule has 0 saturated carbocycles. The fraction of sp³-hybridized carbons (Fsp3) is 1.00. The van der Waals surface area contributed by atoms with Crippen LogP contribution in [0.5, 0.6) is 0 Å². The molecule has 0 aromatic carbocycles. The Kier molecular flexibility index (Phi) is 5.20. The van der Waals surface area contributed by atoms with Gasteiger partial charge in [-0.2, -0.15) is 11.8 Å². The van der Waals surface area contributed by atoms with Crippen LogP contribution in [0.4, 0.5) is 0 Å². The first kappa shape index (κ1) is 15.6. The Morgan fingerprint density at radius 1 is 1.32 bits per heavy atom. The molecule has 0 amide bonds. The second-order valence-corrected chi connectivity index (χ2v) is 10.00. The number of nitrogens with one attached hydrogen (secondary N) is 1. The minimum Gasteiger partial charge on any atom is -0.313 e. The average Bonchev–Trinajstić information content (AvgIpc) is 2.51. The van der Waals surface area contributed by atoms with Gasteiger partial charge in [-0.05, 0) is 25.8 Å². The molecule has 1 unspecified atom stereocenters. The molecule has 6 heteroatoms. The van der Waals surface area contributed by atoms with Crippen molar-refractivity contribution in [2.75, 3.05) is 31.1 Å². The van der Waals surface area contributed by atoms with Crippen LogP contribution in [0, 0.1) is 0 Å². The SMILES string of the molecule is CC1(C)CCN(S(=O)(=O)CC2CCCCN2)CCS1. The number of piperidine rings is 1. The lowest BCUT2D eigenvalue weighted by Gasteiger charge is -2.27. The molecule has 1 N–H and O–H groups in total. The molecule has 112 valence electrons. The Labute approximate surface area is 121 Å². The zero-order valence-electron chi connectivity index (χ0n) is 12.0. The molecular weight excluding hydrogens is 280 g/mol. The van der Waals surface area contributed by atoms with E-state index in [1.165, 1.54) is 6.42 Å². The molecule has 0 aromatic rings. The Morgan fingerprint density at radius 2 is 2.11 bits per heavy atom. The van der Waals surface area contributed by atoms with Gasteiger partial charge in [0.2, 0.25) is 10.0 Å². The lowest BCUT2D eigenvalue weighted by atomic mass is 10.1. The third kappa shape index (κ3) is 4.62. The van der Waals surface area contributed by atoms with Crippen molar-refractivity contribution < 1.29 is 8.42 Å². The predicted octanol–water partition coefficient (Wildman–Crippen LogP) is 1.68. The molecule has 4 nitrogen and oxygen atoms in total. The van der Waals surface area contributed by atoms with Crippen molar-refractivity contribution in [3.05, 3.63) is 0 Å². The van der Waals surface area contributed by atoms with Gasteiger partial charge in [0.15, 0.2) is 0 Å². The largest absolute Gasteiger partial charge is 0.313 e. The second kappa shape index (κ2) is 6.33. The van der Waals surface area contributed by atoms with Crippen molar-refractivity contribution in [3.8, 4) is 0 Å². The first-order valence-corrected chi connectivity index (χ1v) is 9.84. The highest BCUT2D eigenvalue weighted by Gasteiger charge is 2.31. The molecule has 0 bridgehead atoms. The summed E-state index contributed by atoms with van der Waals surface area (Å²) in [6.07, 6.45) is 4.25. The molecule has 0 aromatic heterocycles. The highest BCUT2D eigenvalue weighted by molar-refractivity contribution is 8.00. The molecule has 2 fully saturated rings. The van der Waals surface area contributed by atoms with Crippen molar-refractivity contribution in [3.63, 3.8) is 0 Å². The number of nitrogens with zero attached hydrogens (tertiary/aromatic N) is 1. The molecule has 1 atom stereocenters. The van der Waals surface area contributed by atoms with Gasteiger partial charge >= 0.3 is 0 Å². The lowest BCUT2D eigenvalue weighted by molar-refractivity contribution is 0.391. The smallest absolute Gasteiger partial charge is 0.215 e. The number of thioether (sulfide) groups is 1. The first-order valence-electron chi connectivity index (χ1n) is 7.24. The van der Waals surface area contributed by atoms with E-state index >= 15 is 0 Å². The molecule has 0 radical (unpaired) electrons. The third-order valence-corrected chi connectivity index (χ3v) is 7.36. The summed E-state index contributed by atoms with van der Waals surface area (Å²) in [5, 5.41) is 3.34. The molecule has 2 aliphatic heterocycles. The van der Waals surface area contributed by atoms with Gasteiger partial charge in [-0.25, -0.2) is 12.7 Å². The van der Waals surface area contributed by atoms with Gasteiger partial charge in [0.05, 0.1) is 5.75 Å². The number of rotatable bonds is 3. The van der Waals surface area contributed by atoms with E-state index in [4.69, 9.17) is 0 Å². The van der Waals surface area contributed by atoms with E-state index < -0.39 is 10.0 Å². The highest BCUT2D eigenvalue weighted by Crippen LogP contribution is 2.31. The third-order valence-electron chi connectivity index (χ3n) is 4.01. The maximum Gasteiger partial charge on any atom is 0.215 e. The normalized spacial score (nSPS) is 29.9. The molecule has 19 heavy (non-hydrogen) atoms. The Balaban J connectivity index is 1.94. The molecule has 2 heterocycles. The van der Waals surface area contributed by atoms with Crippen molar-refractivity contribution in [1.82, 2.24) is 9.62 Å². The molecule has 2 rings (SSSR count). The van der Waals surface area contributed by atoms with Crippen molar-refractivity contribution in [2.45, 2.75) is 50.3 Å². The molecule has 2 saturated heterocycles. The van der Waals surface area contributed by atoms with Crippen molar-refractivity contribution in [2.24, 2.45) is 0 Å². The van der Waals surface area contributed by atoms with Crippen molar-refractivity contribution in [1.29, 1.82) is 0 Å². The van der Waals surface area contributed by atoms with Crippen LogP contribution in [-0.4, -0.2) is 54.7 Å². The Morgan fingerprint density at radius 3 is 2.79 bits per heavy atom. The van der Waals surface area contributed by atoms with Gasteiger partial charge < -0.3 is 5.32 Å². The molecule has 0 spiro atoms. The Bertz CT molecular complexity index is 389. The van der Waals surface area contributed by atoms with Crippen LogP contribution in [0.2, 0.25) is 0 Å². The van der Waals surface area contributed by atoms with Crippen LogP contribution < -0.4 is 5.32 Å². The maximum atomic E-state index is 12.5. The average molecular weight is 306 g/mol. The lowest BCUT2D eigenvalue weighted by Crippen LogP contribution is -2.44. The fourth-order valence-electron chi connectivity index (χ4n) is 2.71. The number of sulfonamides is 1. The van der Waals surface area contributed by atoms with E-state index in [1.807, 2.05) is 11.8 Å². The maximum absolute atomic E-state index is 12.5. The van der Waals surface area contributed by atoms with Gasteiger partial charge in [0, 0.05) is 29.6 Å². The van der Waals surface area contributed by atoms with Crippen LogP contribution in [0.25, 0.3) is 0 Å². The number of hydrogen-bond donors (Lipinski definition) is 1. The summed E-state index contributed by atoms with van der Waals surface area (Å²) >= 11 is 1.89. The minimum atomic E-state index is -3.10. The zero-order valence-corrected chi connectivity index (χ0v) is 13.7. The summed E-state index contributed by atoms with van der Waals surface area (Å²) in [5.74, 6) is 1.18. The summed E-state index contributed by atoms with van der Waals surface area (Å²) in [6, 6.07) is 0.155. The quantitative estimate of drug-likeness (QED) is 0.862. The topological polar surface area (TPSA) is 49.4 Å². The van der Waals surface area contributed by atoms with E-state index in [9.17, 15) is 8.42 Å². The standard InChI is InChI=1S/C13H26N2O2S2/c1-13(2)6-8-15(9-10-18-13)19(16,17)11-12-5-3-4-7-14-12/h12,14H,3-11H2,1-2H3. The van der Waals surface area contributed by atoms with Gasteiger partial charge in [-0.1, -0.05) is 20.3 Å². The zero-order chi connectivity index (χ0) is 13.9. The summed E-state index contributed by atoms with van der Waals surface area (Å²) in [6.45, 7) is 6.72. The summed E-state index contributed by atoms with van der Waals surface area (Å²) < 4.78 is 26.9. The van der Waals surface area contributed by atoms with Crippen LogP contribution in [0.1, 0.15) is 39.5 Å². The minimum absolute atomic E-state index is 0.155. The van der Waals surface area contributed by atoms with Crippen LogP contribution in [0.3, 0.4) is 0 Å². The van der Waals surface area contributed by atoms with Gasteiger partial charge in [-0.3, -0.25) is 0 Å². The van der Waals surface area contributed by atoms with Gasteiger partial charge in [-0.15, -0.1) is 0 Å². The molecule has 0 aliphatic carbocycles. The van der Waals surface area contributed by atoms with Crippen LogP contribution in [-0.2, 0) is 10.0 Å². The summed E-state index contributed by atoms with van der Waals surface area (Å²) in [4.78, 5) is 0. The highest BCUT2D eigenvalue weighted by atomic mass is 32.2.